The van der Waals surface area contributed by atoms with Gasteiger partial charge >= 0.3 is 0 Å². The Labute approximate surface area is 111 Å². The number of carbonyl (C=O) groups is 1. The quantitative estimate of drug-likeness (QED) is 0.809. The molecule has 1 amide bonds. The minimum atomic E-state index is 0.190. The number of hydrogen-bond donors (Lipinski definition) is 2. The van der Waals surface area contributed by atoms with Crippen LogP contribution in [0.5, 0.6) is 0 Å². The third kappa shape index (κ3) is 3.05. The Morgan fingerprint density at radius 3 is 2.72 bits per heavy atom. The van der Waals surface area contributed by atoms with Crippen molar-refractivity contribution in [1.82, 2.24) is 10.6 Å². The van der Waals surface area contributed by atoms with Gasteiger partial charge in [-0.3, -0.25) is 4.79 Å². The molecule has 3 atom stereocenters. The maximum Gasteiger partial charge on any atom is 0.223 e. The Hall–Kier alpha value is -0.570. The molecule has 0 spiro atoms. The summed E-state index contributed by atoms with van der Waals surface area (Å²) in [5, 5.41) is 6.70. The molecule has 3 unspecified atom stereocenters. The molecule has 0 bridgehead atoms. The van der Waals surface area contributed by atoms with Crippen molar-refractivity contribution < 1.29 is 4.79 Å². The average Bonchev–Trinajstić information content (AvgIpc) is 2.67. The Kier molecular flexibility index (Phi) is 4.31. The largest absolute Gasteiger partial charge is 0.354 e. The van der Waals surface area contributed by atoms with Gasteiger partial charge in [0, 0.05) is 18.5 Å². The highest BCUT2D eigenvalue weighted by Gasteiger charge is 2.39. The summed E-state index contributed by atoms with van der Waals surface area (Å²) < 4.78 is 0. The molecule has 0 aromatic carbocycles. The first-order valence-corrected chi connectivity index (χ1v) is 7.52. The molecule has 3 nitrogen and oxygen atoms in total. The molecule has 1 saturated carbocycles. The van der Waals surface area contributed by atoms with Gasteiger partial charge in [0.2, 0.25) is 5.91 Å². The number of piperidine rings is 1. The first kappa shape index (κ1) is 13.9. The number of hydrogen-bond acceptors (Lipinski definition) is 2. The maximum absolute atomic E-state index is 12.3. The average molecular weight is 252 g/mol. The van der Waals surface area contributed by atoms with Crippen LogP contribution in [0.25, 0.3) is 0 Å². The van der Waals surface area contributed by atoms with E-state index in [1.165, 1.54) is 25.7 Å². The molecule has 1 aliphatic carbocycles. The Balaban J connectivity index is 1.81. The lowest BCUT2D eigenvalue weighted by Crippen LogP contribution is -2.49. The van der Waals surface area contributed by atoms with E-state index in [9.17, 15) is 4.79 Å². The van der Waals surface area contributed by atoms with Crippen molar-refractivity contribution in [3.05, 3.63) is 0 Å². The Morgan fingerprint density at radius 1 is 1.33 bits per heavy atom. The Bertz CT molecular complexity index is 301. The van der Waals surface area contributed by atoms with Crippen LogP contribution < -0.4 is 10.6 Å². The first-order chi connectivity index (χ1) is 8.50. The SMILES string of the molecule is CC1CCCNC1CNC(=O)C1CCCC1(C)C. The normalized spacial score (nSPS) is 35.4. The lowest BCUT2D eigenvalue weighted by atomic mass is 9.81. The third-order valence-electron chi connectivity index (χ3n) is 5.00. The van der Waals surface area contributed by atoms with E-state index in [1.54, 1.807) is 0 Å². The van der Waals surface area contributed by atoms with Crippen LogP contribution in [0.4, 0.5) is 0 Å². The van der Waals surface area contributed by atoms with Crippen LogP contribution in [-0.2, 0) is 4.79 Å². The number of rotatable bonds is 3. The number of carbonyl (C=O) groups excluding carboxylic acids is 1. The summed E-state index contributed by atoms with van der Waals surface area (Å²) >= 11 is 0. The lowest BCUT2D eigenvalue weighted by molar-refractivity contribution is -0.127. The van der Waals surface area contributed by atoms with Crippen LogP contribution in [0.1, 0.15) is 52.9 Å². The third-order valence-corrected chi connectivity index (χ3v) is 5.00. The molecule has 1 saturated heterocycles. The monoisotopic (exact) mass is 252 g/mol. The molecule has 3 heteroatoms. The molecule has 18 heavy (non-hydrogen) atoms. The number of nitrogens with one attached hydrogen (secondary N) is 2. The zero-order valence-corrected chi connectivity index (χ0v) is 12.1. The van der Waals surface area contributed by atoms with Crippen molar-refractivity contribution in [2.24, 2.45) is 17.3 Å². The maximum atomic E-state index is 12.3. The van der Waals surface area contributed by atoms with Gasteiger partial charge in [0.25, 0.3) is 0 Å². The highest BCUT2D eigenvalue weighted by Crippen LogP contribution is 2.42. The first-order valence-electron chi connectivity index (χ1n) is 7.52. The summed E-state index contributed by atoms with van der Waals surface area (Å²) in [6.45, 7) is 8.63. The van der Waals surface area contributed by atoms with E-state index >= 15 is 0 Å². The Morgan fingerprint density at radius 2 is 2.11 bits per heavy atom. The smallest absolute Gasteiger partial charge is 0.223 e. The molecule has 0 aromatic heterocycles. The fraction of sp³-hybridized carbons (Fsp3) is 0.933. The van der Waals surface area contributed by atoms with E-state index in [4.69, 9.17) is 0 Å². The van der Waals surface area contributed by atoms with Gasteiger partial charge in [-0.1, -0.05) is 27.2 Å². The van der Waals surface area contributed by atoms with E-state index in [1.807, 2.05) is 0 Å². The number of amides is 1. The van der Waals surface area contributed by atoms with Crippen LogP contribution in [0.3, 0.4) is 0 Å². The van der Waals surface area contributed by atoms with Gasteiger partial charge < -0.3 is 10.6 Å². The second-order valence-corrected chi connectivity index (χ2v) is 6.86. The van der Waals surface area contributed by atoms with Gasteiger partial charge in [-0.15, -0.1) is 0 Å². The summed E-state index contributed by atoms with van der Waals surface area (Å²) in [5.74, 6) is 1.17. The van der Waals surface area contributed by atoms with Crippen molar-refractivity contribution in [3.63, 3.8) is 0 Å². The predicted octanol–water partition coefficient (Wildman–Crippen LogP) is 2.32. The van der Waals surface area contributed by atoms with Crippen LogP contribution in [-0.4, -0.2) is 25.0 Å². The van der Waals surface area contributed by atoms with Crippen LogP contribution in [0.2, 0.25) is 0 Å². The van der Waals surface area contributed by atoms with Gasteiger partial charge in [-0.2, -0.15) is 0 Å². The minimum Gasteiger partial charge on any atom is -0.354 e. The van der Waals surface area contributed by atoms with E-state index in [0.29, 0.717) is 12.0 Å². The van der Waals surface area contributed by atoms with E-state index in [0.717, 1.165) is 19.5 Å². The van der Waals surface area contributed by atoms with Crippen molar-refractivity contribution in [3.8, 4) is 0 Å². The fourth-order valence-electron chi connectivity index (χ4n) is 3.53. The fourth-order valence-corrected chi connectivity index (χ4v) is 3.53. The summed E-state index contributed by atoms with van der Waals surface area (Å²) in [4.78, 5) is 12.3. The van der Waals surface area contributed by atoms with Gasteiger partial charge in [0.15, 0.2) is 0 Å². The van der Waals surface area contributed by atoms with Crippen molar-refractivity contribution >= 4 is 5.91 Å². The molecule has 2 aliphatic rings. The second kappa shape index (κ2) is 5.60. The van der Waals surface area contributed by atoms with Gasteiger partial charge in [-0.05, 0) is 43.6 Å². The summed E-state index contributed by atoms with van der Waals surface area (Å²) in [6, 6.07) is 0.465. The van der Waals surface area contributed by atoms with E-state index in [2.05, 4.69) is 31.4 Å². The van der Waals surface area contributed by atoms with Crippen LogP contribution in [0.15, 0.2) is 0 Å². The molecule has 1 aliphatic heterocycles. The van der Waals surface area contributed by atoms with E-state index < -0.39 is 0 Å². The minimum absolute atomic E-state index is 0.190. The molecule has 104 valence electrons. The molecule has 2 rings (SSSR count). The molecule has 1 heterocycles. The van der Waals surface area contributed by atoms with Crippen LogP contribution >= 0.6 is 0 Å². The zero-order valence-electron chi connectivity index (χ0n) is 12.1. The highest BCUT2D eigenvalue weighted by molar-refractivity contribution is 5.79. The molecule has 0 aromatic rings. The predicted molar refractivity (Wildman–Crippen MR) is 74.3 cm³/mol. The zero-order chi connectivity index (χ0) is 13.2. The molecule has 2 fully saturated rings. The van der Waals surface area contributed by atoms with Crippen molar-refractivity contribution in [2.75, 3.05) is 13.1 Å². The molecular formula is C15H28N2O. The second-order valence-electron chi connectivity index (χ2n) is 6.86. The standard InChI is InChI=1S/C15H28N2O/c1-11-6-5-9-16-13(11)10-17-14(18)12-7-4-8-15(12,2)3/h11-13,16H,4-10H2,1-3H3,(H,17,18). The van der Waals surface area contributed by atoms with Crippen LogP contribution in [0, 0.1) is 17.3 Å². The van der Waals surface area contributed by atoms with Gasteiger partial charge in [0.1, 0.15) is 0 Å². The van der Waals surface area contributed by atoms with E-state index in [-0.39, 0.29) is 17.2 Å². The molecule has 0 radical (unpaired) electrons. The lowest BCUT2D eigenvalue weighted by Gasteiger charge is -2.32. The molecular weight excluding hydrogens is 224 g/mol. The summed E-state index contributed by atoms with van der Waals surface area (Å²) in [7, 11) is 0. The summed E-state index contributed by atoms with van der Waals surface area (Å²) in [6.07, 6.45) is 5.99. The molecule has 2 N–H and O–H groups in total. The summed E-state index contributed by atoms with van der Waals surface area (Å²) in [5.41, 5.74) is 0.190. The topological polar surface area (TPSA) is 41.1 Å². The van der Waals surface area contributed by atoms with Crippen molar-refractivity contribution in [1.29, 1.82) is 0 Å². The highest BCUT2D eigenvalue weighted by atomic mass is 16.1. The van der Waals surface area contributed by atoms with Gasteiger partial charge in [0.05, 0.1) is 0 Å². The van der Waals surface area contributed by atoms with Crippen molar-refractivity contribution in [2.45, 2.75) is 58.9 Å². The van der Waals surface area contributed by atoms with Gasteiger partial charge in [-0.25, -0.2) is 0 Å².